The summed E-state index contributed by atoms with van der Waals surface area (Å²) in [6.07, 6.45) is 2.78. The molecule has 0 aliphatic carbocycles. The molecule has 1 aromatic heterocycles. The number of nitrogens with zero attached hydrogens (tertiary/aromatic N) is 1. The molecule has 0 aliphatic rings. The molecule has 1 unspecified atom stereocenters. The summed E-state index contributed by atoms with van der Waals surface area (Å²) in [7, 11) is 1.43. The van der Waals surface area contributed by atoms with E-state index < -0.39 is 18.0 Å². The minimum atomic E-state index is -0.919. The second-order valence-electron chi connectivity index (χ2n) is 8.04. The second-order valence-corrected chi connectivity index (χ2v) is 8.90. The molecule has 10 heteroatoms. The van der Waals surface area contributed by atoms with Gasteiger partial charge in [-0.2, -0.15) is 5.10 Å². The molecular formula is C24H27BrN4O5. The Labute approximate surface area is 205 Å². The number of rotatable bonds is 9. The Bertz CT molecular complexity index is 1190. The quantitative estimate of drug-likeness (QED) is 0.245. The van der Waals surface area contributed by atoms with Crippen LogP contribution in [0.25, 0.3) is 10.9 Å². The van der Waals surface area contributed by atoms with Crippen molar-refractivity contribution in [1.82, 2.24) is 15.7 Å². The molecule has 1 atom stereocenters. The number of nitrogens with one attached hydrogen (secondary N) is 3. The summed E-state index contributed by atoms with van der Waals surface area (Å²) in [4.78, 5) is 28.4. The van der Waals surface area contributed by atoms with Gasteiger partial charge in [-0.25, -0.2) is 10.2 Å². The fourth-order valence-electron chi connectivity index (χ4n) is 3.23. The first-order valence-electron chi connectivity index (χ1n) is 10.7. The number of benzene rings is 2. The number of methoxy groups -OCH3 is 1. The van der Waals surface area contributed by atoms with Gasteiger partial charge in [-0.05, 0) is 51.2 Å². The Morgan fingerprint density at radius 2 is 2.03 bits per heavy atom. The monoisotopic (exact) mass is 530 g/mol. The van der Waals surface area contributed by atoms with Crippen molar-refractivity contribution in [2.24, 2.45) is 11.0 Å². The second kappa shape index (κ2) is 11.6. The number of aromatic nitrogens is 1. The van der Waals surface area contributed by atoms with Gasteiger partial charge >= 0.3 is 6.09 Å². The third-order valence-corrected chi connectivity index (χ3v) is 5.52. The van der Waals surface area contributed by atoms with Crippen LogP contribution in [0.1, 0.15) is 25.0 Å². The summed E-state index contributed by atoms with van der Waals surface area (Å²) >= 11 is 3.24. The van der Waals surface area contributed by atoms with Crippen molar-refractivity contribution >= 4 is 45.0 Å². The Balaban J connectivity index is 1.75. The van der Waals surface area contributed by atoms with Crippen LogP contribution in [0.5, 0.6) is 11.5 Å². The molecule has 3 aromatic rings. The predicted molar refractivity (Wildman–Crippen MR) is 133 cm³/mol. The van der Waals surface area contributed by atoms with E-state index in [9.17, 15) is 14.7 Å². The highest BCUT2D eigenvalue weighted by Gasteiger charge is 2.23. The topological polar surface area (TPSA) is 125 Å². The number of ether oxygens (including phenoxy) is 2. The average Bonchev–Trinajstić information content (AvgIpc) is 3.22. The van der Waals surface area contributed by atoms with Gasteiger partial charge in [0.15, 0.2) is 11.5 Å². The van der Waals surface area contributed by atoms with Gasteiger partial charge in [0.05, 0.1) is 24.4 Å². The molecule has 3 rings (SSSR count). The number of aromatic hydroxyl groups is 1. The SMILES string of the molecule is COc1cc(C=NNC(=O)C(Cc2c[nH]c3ccccc23)NC(=O)OCC(C)C)cc(Br)c1O. The first-order valence-corrected chi connectivity index (χ1v) is 11.5. The van der Waals surface area contributed by atoms with Crippen LogP contribution in [-0.4, -0.2) is 48.1 Å². The number of phenolic OH excluding ortho intramolecular Hbond substituents is 1. The Kier molecular flexibility index (Phi) is 8.53. The molecule has 0 saturated heterocycles. The maximum absolute atomic E-state index is 12.9. The van der Waals surface area contributed by atoms with Crippen LogP contribution in [0, 0.1) is 5.92 Å². The van der Waals surface area contributed by atoms with E-state index in [4.69, 9.17) is 9.47 Å². The van der Waals surface area contributed by atoms with Gasteiger partial charge in [0.2, 0.25) is 0 Å². The molecule has 1 heterocycles. The fraction of sp³-hybridized carbons (Fsp3) is 0.292. The van der Waals surface area contributed by atoms with Crippen molar-refractivity contribution in [2.75, 3.05) is 13.7 Å². The van der Waals surface area contributed by atoms with E-state index in [1.54, 1.807) is 12.1 Å². The highest BCUT2D eigenvalue weighted by molar-refractivity contribution is 9.10. The summed E-state index contributed by atoms with van der Waals surface area (Å²) in [5, 5.41) is 17.5. The van der Waals surface area contributed by atoms with E-state index in [0.717, 1.165) is 16.5 Å². The normalized spacial score (nSPS) is 12.1. The lowest BCUT2D eigenvalue weighted by Gasteiger charge is -2.17. The molecule has 9 nitrogen and oxygen atoms in total. The third-order valence-electron chi connectivity index (χ3n) is 4.91. The highest BCUT2D eigenvalue weighted by atomic mass is 79.9. The van der Waals surface area contributed by atoms with Gasteiger partial charge in [-0.3, -0.25) is 4.79 Å². The number of phenols is 1. The van der Waals surface area contributed by atoms with Crippen molar-refractivity contribution in [1.29, 1.82) is 0 Å². The molecule has 0 aliphatic heterocycles. The zero-order valence-corrected chi connectivity index (χ0v) is 20.7. The number of amides is 2. The third kappa shape index (κ3) is 6.50. The van der Waals surface area contributed by atoms with Crippen molar-refractivity contribution in [3.8, 4) is 11.5 Å². The van der Waals surface area contributed by atoms with Crippen LogP contribution in [0.15, 0.2) is 52.2 Å². The molecule has 0 bridgehead atoms. The fourth-order valence-corrected chi connectivity index (χ4v) is 3.69. The minimum absolute atomic E-state index is 0.0356. The molecular weight excluding hydrogens is 504 g/mol. The molecule has 2 amide bonds. The number of carbonyl (C=O) groups excluding carboxylic acids is 2. The highest BCUT2D eigenvalue weighted by Crippen LogP contribution is 2.34. The number of para-hydroxylation sites is 1. The van der Waals surface area contributed by atoms with E-state index in [1.165, 1.54) is 13.3 Å². The van der Waals surface area contributed by atoms with Crippen LogP contribution in [0.2, 0.25) is 0 Å². The summed E-state index contributed by atoms with van der Waals surface area (Å²) < 4.78 is 10.7. The van der Waals surface area contributed by atoms with E-state index in [0.29, 0.717) is 10.0 Å². The lowest BCUT2D eigenvalue weighted by Crippen LogP contribution is -2.47. The maximum atomic E-state index is 12.9. The van der Waals surface area contributed by atoms with Crippen molar-refractivity contribution in [3.63, 3.8) is 0 Å². The van der Waals surface area contributed by atoms with Gasteiger partial charge in [0.25, 0.3) is 5.91 Å². The van der Waals surface area contributed by atoms with Gasteiger partial charge in [-0.1, -0.05) is 32.0 Å². The number of halogens is 1. The zero-order chi connectivity index (χ0) is 24.7. The number of fused-ring (bicyclic) bond motifs is 1. The summed E-state index contributed by atoms with van der Waals surface area (Å²) in [5.41, 5.74) is 4.85. The average molecular weight is 531 g/mol. The van der Waals surface area contributed by atoms with Crippen molar-refractivity contribution in [2.45, 2.75) is 26.3 Å². The lowest BCUT2D eigenvalue weighted by molar-refractivity contribution is -0.123. The van der Waals surface area contributed by atoms with Crippen LogP contribution in [0.4, 0.5) is 4.79 Å². The number of carbonyl (C=O) groups is 2. The zero-order valence-electron chi connectivity index (χ0n) is 19.1. The Hall–Kier alpha value is -3.53. The van der Waals surface area contributed by atoms with Gasteiger partial charge < -0.3 is 24.9 Å². The standard InChI is InChI=1S/C24H27BrN4O5/c1-14(2)13-34-24(32)28-20(10-16-12-26-19-7-5-4-6-17(16)19)23(31)29-27-11-15-8-18(25)22(30)21(9-15)33-3/h4-9,11-12,14,20,26,30H,10,13H2,1-3H3,(H,28,32)(H,29,31). The van der Waals surface area contributed by atoms with E-state index in [2.05, 4.69) is 36.8 Å². The number of hydrogen-bond acceptors (Lipinski definition) is 6. The molecule has 0 saturated carbocycles. The summed E-state index contributed by atoms with van der Waals surface area (Å²) in [6.45, 7) is 4.09. The van der Waals surface area contributed by atoms with Crippen molar-refractivity contribution < 1.29 is 24.2 Å². The molecule has 180 valence electrons. The van der Waals surface area contributed by atoms with Crippen LogP contribution in [-0.2, 0) is 16.0 Å². The largest absolute Gasteiger partial charge is 0.503 e. The summed E-state index contributed by atoms with van der Waals surface area (Å²) in [5.74, 6) is -0.119. The minimum Gasteiger partial charge on any atom is -0.503 e. The Morgan fingerprint density at radius 1 is 1.26 bits per heavy atom. The molecule has 0 spiro atoms. The molecule has 0 fully saturated rings. The van der Waals surface area contributed by atoms with Gasteiger partial charge in [-0.15, -0.1) is 0 Å². The predicted octanol–water partition coefficient (Wildman–Crippen LogP) is 4.09. The Morgan fingerprint density at radius 3 is 2.76 bits per heavy atom. The van der Waals surface area contributed by atoms with Gasteiger partial charge in [0.1, 0.15) is 6.04 Å². The number of alkyl carbamates (subject to hydrolysis) is 1. The van der Waals surface area contributed by atoms with Gasteiger partial charge in [0, 0.05) is 23.5 Å². The van der Waals surface area contributed by atoms with E-state index in [-0.39, 0.29) is 30.4 Å². The summed E-state index contributed by atoms with van der Waals surface area (Å²) in [6, 6.07) is 9.98. The smallest absolute Gasteiger partial charge is 0.407 e. The maximum Gasteiger partial charge on any atom is 0.407 e. The molecule has 2 aromatic carbocycles. The van der Waals surface area contributed by atoms with Crippen LogP contribution in [0.3, 0.4) is 0 Å². The van der Waals surface area contributed by atoms with Crippen LogP contribution < -0.4 is 15.5 Å². The van der Waals surface area contributed by atoms with Crippen molar-refractivity contribution in [3.05, 3.63) is 58.2 Å². The van der Waals surface area contributed by atoms with Crippen LogP contribution >= 0.6 is 15.9 Å². The van der Waals surface area contributed by atoms with E-state index >= 15 is 0 Å². The lowest BCUT2D eigenvalue weighted by atomic mass is 10.0. The van der Waals surface area contributed by atoms with E-state index in [1.807, 2.05) is 44.3 Å². The molecule has 34 heavy (non-hydrogen) atoms. The number of hydrogen-bond donors (Lipinski definition) is 4. The first-order chi connectivity index (χ1) is 16.3. The number of H-pyrrole nitrogens is 1. The number of aromatic amines is 1. The molecule has 0 radical (unpaired) electrons. The molecule has 4 N–H and O–H groups in total. The first kappa shape index (κ1) is 25.1. The number of hydrazone groups is 1.